The summed E-state index contributed by atoms with van der Waals surface area (Å²) in [5, 5.41) is 12.3. The van der Waals surface area contributed by atoms with E-state index in [0.29, 0.717) is 16.3 Å². The quantitative estimate of drug-likeness (QED) is 0.654. The third-order valence-electron chi connectivity index (χ3n) is 2.67. The summed E-state index contributed by atoms with van der Waals surface area (Å²) in [6.45, 7) is 0. The molecule has 0 aliphatic carbocycles. The van der Waals surface area contributed by atoms with Crippen molar-refractivity contribution in [2.75, 3.05) is 5.32 Å². The zero-order valence-corrected chi connectivity index (χ0v) is 11.7. The maximum absolute atomic E-state index is 12.0. The van der Waals surface area contributed by atoms with Crippen LogP contribution in [0.3, 0.4) is 0 Å². The van der Waals surface area contributed by atoms with Crippen molar-refractivity contribution in [3.8, 4) is 0 Å². The molecule has 0 heterocycles. The van der Waals surface area contributed by atoms with Crippen LogP contribution in [0.15, 0.2) is 66.4 Å². The fourth-order valence-electron chi connectivity index (χ4n) is 1.69. The van der Waals surface area contributed by atoms with Crippen molar-refractivity contribution in [3.05, 3.63) is 77.0 Å². The molecule has 0 bridgehead atoms. The highest BCUT2D eigenvalue weighted by molar-refractivity contribution is 6.30. The van der Waals surface area contributed by atoms with Crippen molar-refractivity contribution in [2.24, 2.45) is 0 Å². The molecule has 0 aliphatic rings. The minimum atomic E-state index is -1.22. The van der Waals surface area contributed by atoms with E-state index in [2.05, 4.69) is 5.32 Å². The van der Waals surface area contributed by atoms with Gasteiger partial charge >= 0.3 is 5.97 Å². The van der Waals surface area contributed by atoms with Crippen LogP contribution in [0.1, 0.15) is 10.4 Å². The number of rotatable bonds is 5. The zero-order valence-electron chi connectivity index (χ0n) is 10.9. The molecule has 0 spiro atoms. The van der Waals surface area contributed by atoms with E-state index in [1.54, 1.807) is 54.6 Å². The number of benzene rings is 2. The predicted octanol–water partition coefficient (Wildman–Crippen LogP) is 3.60. The molecule has 0 aliphatic heterocycles. The number of carboxylic acid groups (broad SMARTS) is 1. The molecule has 21 heavy (non-hydrogen) atoms. The van der Waals surface area contributed by atoms with Gasteiger partial charge in [-0.25, -0.2) is 4.79 Å². The lowest BCUT2D eigenvalue weighted by Gasteiger charge is -2.07. The van der Waals surface area contributed by atoms with Crippen LogP contribution in [-0.2, 0) is 4.79 Å². The lowest BCUT2D eigenvalue weighted by molar-refractivity contribution is -0.132. The van der Waals surface area contributed by atoms with Crippen molar-refractivity contribution in [1.29, 1.82) is 0 Å². The Hall–Kier alpha value is -2.59. The standard InChI is InChI=1S/C16H12ClNO3/c17-12-7-4-8-13(9-12)18-14(16(20)21)10-15(19)11-5-2-1-3-6-11/h1-10,18H,(H,20,21). The van der Waals surface area contributed by atoms with E-state index >= 15 is 0 Å². The number of carbonyl (C=O) groups is 2. The van der Waals surface area contributed by atoms with Crippen LogP contribution in [0.2, 0.25) is 5.02 Å². The van der Waals surface area contributed by atoms with Crippen LogP contribution < -0.4 is 5.32 Å². The van der Waals surface area contributed by atoms with Gasteiger partial charge in [-0.05, 0) is 18.2 Å². The topological polar surface area (TPSA) is 66.4 Å². The number of ketones is 1. The van der Waals surface area contributed by atoms with Crippen LogP contribution in [0.4, 0.5) is 5.69 Å². The summed E-state index contributed by atoms with van der Waals surface area (Å²) in [6, 6.07) is 15.0. The Labute approximate surface area is 126 Å². The van der Waals surface area contributed by atoms with Gasteiger partial charge < -0.3 is 10.4 Å². The van der Waals surface area contributed by atoms with Gasteiger partial charge in [0.1, 0.15) is 5.70 Å². The molecule has 0 fully saturated rings. The monoisotopic (exact) mass is 301 g/mol. The smallest absolute Gasteiger partial charge is 0.352 e. The number of allylic oxidation sites excluding steroid dienone is 1. The zero-order chi connectivity index (χ0) is 15.2. The molecule has 2 N–H and O–H groups in total. The van der Waals surface area contributed by atoms with E-state index < -0.39 is 5.97 Å². The Morgan fingerprint density at radius 3 is 2.38 bits per heavy atom. The van der Waals surface area contributed by atoms with Crippen molar-refractivity contribution in [3.63, 3.8) is 0 Å². The minimum Gasteiger partial charge on any atom is -0.477 e. The average Bonchev–Trinajstić information content (AvgIpc) is 2.47. The van der Waals surface area contributed by atoms with E-state index in [1.165, 1.54) is 0 Å². The SMILES string of the molecule is O=C(O)C(=CC(=O)c1ccccc1)Nc1cccc(Cl)c1. The molecular weight excluding hydrogens is 290 g/mol. The van der Waals surface area contributed by atoms with Gasteiger partial charge in [0.2, 0.25) is 0 Å². The molecule has 2 rings (SSSR count). The highest BCUT2D eigenvalue weighted by atomic mass is 35.5. The maximum Gasteiger partial charge on any atom is 0.352 e. The highest BCUT2D eigenvalue weighted by Gasteiger charge is 2.11. The van der Waals surface area contributed by atoms with Crippen LogP contribution in [-0.4, -0.2) is 16.9 Å². The van der Waals surface area contributed by atoms with Gasteiger partial charge in [-0.15, -0.1) is 0 Å². The number of carboxylic acids is 1. The maximum atomic E-state index is 12.0. The first-order valence-corrected chi connectivity index (χ1v) is 6.51. The Balaban J connectivity index is 2.25. The number of hydrogen-bond acceptors (Lipinski definition) is 3. The van der Waals surface area contributed by atoms with Crippen LogP contribution in [0.25, 0.3) is 0 Å². The second kappa shape index (κ2) is 6.72. The van der Waals surface area contributed by atoms with Crippen molar-refractivity contribution >= 4 is 29.0 Å². The first kappa shape index (κ1) is 14.8. The Kier molecular flexibility index (Phi) is 4.74. The molecule has 2 aromatic carbocycles. The molecular formula is C16H12ClNO3. The summed E-state index contributed by atoms with van der Waals surface area (Å²) in [4.78, 5) is 23.3. The molecule has 0 unspecified atom stereocenters. The first-order chi connectivity index (χ1) is 10.1. The third kappa shape index (κ3) is 4.19. The van der Waals surface area contributed by atoms with Gasteiger partial charge in [0.25, 0.3) is 0 Å². The summed E-state index contributed by atoms with van der Waals surface area (Å²) < 4.78 is 0. The van der Waals surface area contributed by atoms with Gasteiger partial charge in [0.15, 0.2) is 5.78 Å². The number of halogens is 1. The molecule has 2 aromatic rings. The number of nitrogens with one attached hydrogen (secondary N) is 1. The lowest BCUT2D eigenvalue weighted by atomic mass is 10.1. The molecule has 0 saturated carbocycles. The Morgan fingerprint density at radius 2 is 1.76 bits per heavy atom. The van der Waals surface area contributed by atoms with Crippen molar-refractivity contribution < 1.29 is 14.7 Å². The van der Waals surface area contributed by atoms with Gasteiger partial charge in [-0.3, -0.25) is 4.79 Å². The molecule has 0 atom stereocenters. The van der Waals surface area contributed by atoms with Gasteiger partial charge in [-0.2, -0.15) is 0 Å². The van der Waals surface area contributed by atoms with E-state index in [1.807, 2.05) is 0 Å². The molecule has 4 nitrogen and oxygen atoms in total. The molecule has 0 aromatic heterocycles. The fourth-order valence-corrected chi connectivity index (χ4v) is 1.88. The summed E-state index contributed by atoms with van der Waals surface area (Å²) >= 11 is 5.84. The van der Waals surface area contributed by atoms with Crippen molar-refractivity contribution in [1.82, 2.24) is 0 Å². The fraction of sp³-hybridized carbons (Fsp3) is 0. The van der Waals surface area contributed by atoms with Crippen LogP contribution in [0, 0.1) is 0 Å². The number of hydrogen-bond donors (Lipinski definition) is 2. The van der Waals surface area contributed by atoms with Gasteiger partial charge in [0.05, 0.1) is 0 Å². The molecule has 0 amide bonds. The summed E-state index contributed by atoms with van der Waals surface area (Å²) in [7, 11) is 0. The number of aliphatic carboxylic acids is 1. The van der Waals surface area contributed by atoms with Crippen LogP contribution in [0.5, 0.6) is 0 Å². The lowest BCUT2D eigenvalue weighted by Crippen LogP contribution is -2.12. The molecule has 5 heteroatoms. The van der Waals surface area contributed by atoms with E-state index in [9.17, 15) is 14.7 Å². The van der Waals surface area contributed by atoms with E-state index in [4.69, 9.17) is 11.6 Å². The van der Waals surface area contributed by atoms with Gasteiger partial charge in [-0.1, -0.05) is 48.0 Å². The second-order valence-corrected chi connectivity index (χ2v) is 4.67. The van der Waals surface area contributed by atoms with Crippen molar-refractivity contribution in [2.45, 2.75) is 0 Å². The summed E-state index contributed by atoms with van der Waals surface area (Å²) in [5.41, 5.74) is 0.701. The largest absolute Gasteiger partial charge is 0.477 e. The summed E-state index contributed by atoms with van der Waals surface area (Å²) in [5.74, 6) is -1.61. The average molecular weight is 302 g/mol. The number of anilines is 1. The Bertz CT molecular complexity index is 696. The normalized spacial score (nSPS) is 11.0. The van der Waals surface area contributed by atoms with E-state index in [0.717, 1.165) is 6.08 Å². The molecule has 106 valence electrons. The summed E-state index contributed by atoms with van der Waals surface area (Å²) in [6.07, 6.45) is 1.05. The predicted molar refractivity (Wildman–Crippen MR) is 81.6 cm³/mol. The molecule has 0 radical (unpaired) electrons. The third-order valence-corrected chi connectivity index (χ3v) is 2.90. The molecule has 0 saturated heterocycles. The highest BCUT2D eigenvalue weighted by Crippen LogP contribution is 2.17. The number of carbonyl (C=O) groups excluding carboxylic acids is 1. The first-order valence-electron chi connectivity index (χ1n) is 6.13. The van der Waals surface area contributed by atoms with Crippen LogP contribution >= 0.6 is 11.6 Å². The minimum absolute atomic E-state index is 0.217. The van der Waals surface area contributed by atoms with E-state index in [-0.39, 0.29) is 11.5 Å². The second-order valence-electron chi connectivity index (χ2n) is 4.23. The Morgan fingerprint density at radius 1 is 1.05 bits per heavy atom. The van der Waals surface area contributed by atoms with Gasteiger partial charge in [0, 0.05) is 22.3 Å².